The van der Waals surface area contributed by atoms with Crippen LogP contribution >= 0.6 is 0 Å². The summed E-state index contributed by atoms with van der Waals surface area (Å²) in [6.07, 6.45) is -2.40. The Morgan fingerprint density at radius 1 is 1.10 bits per heavy atom. The number of amides is 3. The molecule has 3 aromatic rings. The number of hydrogen-bond donors (Lipinski definition) is 2. The van der Waals surface area contributed by atoms with Gasteiger partial charge in [-0.1, -0.05) is 49.4 Å². The molecule has 2 aliphatic heterocycles. The molecule has 1 saturated heterocycles. The van der Waals surface area contributed by atoms with Crippen LogP contribution in [0, 0.1) is 0 Å². The number of halogens is 3. The predicted molar refractivity (Wildman–Crippen MR) is 145 cm³/mol. The highest BCUT2D eigenvalue weighted by Gasteiger charge is 2.55. The number of fused-ring (bicyclic) bond motifs is 3. The molecule has 0 bridgehead atoms. The van der Waals surface area contributed by atoms with Crippen molar-refractivity contribution < 1.29 is 27.6 Å². The number of anilines is 1. The van der Waals surface area contributed by atoms with Gasteiger partial charge in [-0.3, -0.25) is 14.4 Å². The van der Waals surface area contributed by atoms with Gasteiger partial charge in [0.25, 0.3) is 5.91 Å². The first-order chi connectivity index (χ1) is 19.5. The number of nitrogens with one attached hydrogen (secondary N) is 2. The van der Waals surface area contributed by atoms with Crippen LogP contribution in [0.5, 0.6) is 0 Å². The monoisotopic (exact) mass is 562 g/mol. The topological polar surface area (TPSA) is 91.4 Å². The van der Waals surface area contributed by atoms with Crippen LogP contribution in [-0.4, -0.2) is 52.4 Å². The van der Waals surface area contributed by atoms with Gasteiger partial charge in [-0.15, -0.1) is 0 Å². The SMILES string of the molecule is C[C@@H]1[C@H](c2ccccc2)C[C@H](NC(=O)c2ccc3c(c2)C[C@]2(C(=O)Nc4ncccc42)[C@@H]3C)C(=O)N1CC(F)(F)F. The maximum Gasteiger partial charge on any atom is 0.406 e. The van der Waals surface area contributed by atoms with Gasteiger partial charge >= 0.3 is 6.18 Å². The Kier molecular flexibility index (Phi) is 6.39. The minimum Gasteiger partial charge on any atom is -0.340 e. The third-order valence-corrected chi connectivity index (χ3v) is 9.03. The molecule has 7 nitrogen and oxygen atoms in total. The van der Waals surface area contributed by atoms with Crippen LogP contribution in [0.2, 0.25) is 0 Å². The van der Waals surface area contributed by atoms with Gasteiger partial charge in [0.05, 0.1) is 5.41 Å². The predicted octanol–water partition coefficient (Wildman–Crippen LogP) is 4.70. The number of pyridine rings is 1. The number of alkyl halides is 3. The van der Waals surface area contributed by atoms with Crippen molar-refractivity contribution in [1.29, 1.82) is 0 Å². The van der Waals surface area contributed by atoms with Gasteiger partial charge in [-0.25, -0.2) is 4.98 Å². The molecule has 1 aromatic heterocycles. The van der Waals surface area contributed by atoms with Crippen molar-refractivity contribution in [2.45, 2.75) is 62.2 Å². The van der Waals surface area contributed by atoms with E-state index in [2.05, 4.69) is 15.6 Å². The highest BCUT2D eigenvalue weighted by atomic mass is 19.4. The number of rotatable bonds is 4. The van der Waals surface area contributed by atoms with E-state index in [4.69, 9.17) is 0 Å². The van der Waals surface area contributed by atoms with Crippen molar-refractivity contribution in [3.63, 3.8) is 0 Å². The number of benzene rings is 2. The zero-order chi connectivity index (χ0) is 29.1. The van der Waals surface area contributed by atoms with Crippen LogP contribution in [0.1, 0.15) is 64.7 Å². The third kappa shape index (κ3) is 4.45. The number of nitrogens with zero attached hydrogens (tertiary/aromatic N) is 2. The lowest BCUT2D eigenvalue weighted by molar-refractivity contribution is -0.170. The molecule has 0 radical (unpaired) electrons. The molecule has 2 N–H and O–H groups in total. The molecule has 41 heavy (non-hydrogen) atoms. The molecule has 10 heteroatoms. The van der Waals surface area contributed by atoms with Crippen LogP contribution in [0.3, 0.4) is 0 Å². The number of aromatic nitrogens is 1. The molecule has 5 atom stereocenters. The number of hydrogen-bond acceptors (Lipinski definition) is 4. The molecule has 2 aromatic carbocycles. The van der Waals surface area contributed by atoms with Gasteiger partial charge in [0.1, 0.15) is 18.4 Å². The molecular weight excluding hydrogens is 533 g/mol. The second-order valence-electron chi connectivity index (χ2n) is 11.2. The highest BCUT2D eigenvalue weighted by molar-refractivity contribution is 6.07. The number of carbonyl (C=O) groups is 3. The average molecular weight is 563 g/mol. The lowest BCUT2D eigenvalue weighted by Crippen LogP contribution is -2.59. The molecule has 0 unspecified atom stereocenters. The first kappa shape index (κ1) is 27.0. The lowest BCUT2D eigenvalue weighted by atomic mass is 9.73. The molecule has 0 saturated carbocycles. The second-order valence-corrected chi connectivity index (χ2v) is 11.2. The fraction of sp³-hybridized carbons (Fsp3) is 0.355. The number of piperidine rings is 1. The summed E-state index contributed by atoms with van der Waals surface area (Å²) in [5.74, 6) is -1.46. The summed E-state index contributed by atoms with van der Waals surface area (Å²) < 4.78 is 40.4. The van der Waals surface area contributed by atoms with Crippen molar-refractivity contribution in [2.24, 2.45) is 0 Å². The molecule has 1 spiro atoms. The van der Waals surface area contributed by atoms with E-state index < -0.39 is 48.0 Å². The quantitative estimate of drug-likeness (QED) is 0.483. The first-order valence-electron chi connectivity index (χ1n) is 13.6. The van der Waals surface area contributed by atoms with Crippen molar-refractivity contribution in [1.82, 2.24) is 15.2 Å². The fourth-order valence-corrected chi connectivity index (χ4v) is 6.92. The van der Waals surface area contributed by atoms with E-state index in [1.807, 2.05) is 37.3 Å². The van der Waals surface area contributed by atoms with Gasteiger partial charge in [0.2, 0.25) is 11.8 Å². The van der Waals surface area contributed by atoms with Crippen LogP contribution in [0.15, 0.2) is 66.9 Å². The Bertz CT molecular complexity index is 1540. The minimum absolute atomic E-state index is 0.139. The van der Waals surface area contributed by atoms with Crippen LogP contribution in [-0.2, 0) is 21.4 Å². The Hall–Kier alpha value is -4.21. The first-order valence-corrected chi connectivity index (χ1v) is 13.6. The van der Waals surface area contributed by atoms with Gasteiger partial charge in [0, 0.05) is 35.2 Å². The largest absolute Gasteiger partial charge is 0.406 e. The maximum atomic E-state index is 13.5. The van der Waals surface area contributed by atoms with E-state index in [9.17, 15) is 27.6 Å². The summed E-state index contributed by atoms with van der Waals surface area (Å²) in [4.78, 5) is 45.0. The van der Waals surface area contributed by atoms with Gasteiger partial charge < -0.3 is 15.5 Å². The summed E-state index contributed by atoms with van der Waals surface area (Å²) in [6.45, 7) is 2.21. The Balaban J connectivity index is 1.27. The highest BCUT2D eigenvalue weighted by Crippen LogP contribution is 2.53. The van der Waals surface area contributed by atoms with E-state index in [1.165, 1.54) is 0 Å². The molecule has 6 rings (SSSR count). The molecule has 212 valence electrons. The Labute approximate surface area is 235 Å². The normalized spacial score (nSPS) is 27.0. The Morgan fingerprint density at radius 3 is 2.59 bits per heavy atom. The van der Waals surface area contributed by atoms with Crippen LogP contribution < -0.4 is 10.6 Å². The van der Waals surface area contributed by atoms with Crippen molar-refractivity contribution >= 4 is 23.5 Å². The zero-order valence-corrected chi connectivity index (χ0v) is 22.5. The second kappa shape index (κ2) is 9.71. The summed E-state index contributed by atoms with van der Waals surface area (Å²) in [5, 5.41) is 5.60. The molecule has 3 aliphatic rings. The maximum absolute atomic E-state index is 13.5. The molecule has 3 heterocycles. The van der Waals surface area contributed by atoms with E-state index in [1.54, 1.807) is 43.5 Å². The van der Waals surface area contributed by atoms with Crippen LogP contribution in [0.25, 0.3) is 0 Å². The van der Waals surface area contributed by atoms with E-state index in [0.717, 1.165) is 27.2 Å². The van der Waals surface area contributed by atoms with Crippen LogP contribution in [0.4, 0.5) is 19.0 Å². The third-order valence-electron chi connectivity index (χ3n) is 9.03. The van der Waals surface area contributed by atoms with Gasteiger partial charge in [-0.05, 0) is 54.7 Å². The Morgan fingerprint density at radius 2 is 1.85 bits per heavy atom. The van der Waals surface area contributed by atoms with E-state index >= 15 is 0 Å². The molecular formula is C31H29F3N4O3. The number of carbonyl (C=O) groups excluding carboxylic acids is 3. The average Bonchev–Trinajstić information content (AvgIpc) is 3.40. The lowest BCUT2D eigenvalue weighted by Gasteiger charge is -2.43. The standard InChI is InChI=1S/C31H29F3N4O3/c1-17-22-11-10-20(13-21(22)15-30(17)24-9-6-12-35-26(24)37-29(30)41)27(39)36-25-14-23(19-7-4-3-5-8-19)18(2)38(28(25)40)16-31(32,33)34/h3-13,17-18,23,25H,14-16H2,1-2H3,(H,36,39)(H,35,37,41)/t17-,18-,23-,25+,30+/m1/s1. The summed E-state index contributed by atoms with van der Waals surface area (Å²) in [7, 11) is 0. The van der Waals surface area contributed by atoms with Gasteiger partial charge in [-0.2, -0.15) is 13.2 Å². The minimum atomic E-state index is -4.58. The van der Waals surface area contributed by atoms with Crippen molar-refractivity contribution in [3.05, 3.63) is 94.7 Å². The molecule has 1 aliphatic carbocycles. The zero-order valence-electron chi connectivity index (χ0n) is 22.5. The summed E-state index contributed by atoms with van der Waals surface area (Å²) in [6, 6.07) is 16.1. The van der Waals surface area contributed by atoms with Gasteiger partial charge in [0.15, 0.2) is 0 Å². The molecule has 3 amide bonds. The number of likely N-dealkylation sites (tertiary alicyclic amines) is 1. The van der Waals surface area contributed by atoms with Crippen molar-refractivity contribution in [2.75, 3.05) is 11.9 Å². The van der Waals surface area contributed by atoms with Crippen molar-refractivity contribution in [3.8, 4) is 0 Å². The smallest absolute Gasteiger partial charge is 0.340 e. The van der Waals surface area contributed by atoms with E-state index in [0.29, 0.717) is 12.2 Å². The summed E-state index contributed by atoms with van der Waals surface area (Å²) >= 11 is 0. The van der Waals surface area contributed by atoms with E-state index in [-0.39, 0.29) is 23.8 Å². The fourth-order valence-electron chi connectivity index (χ4n) is 6.92. The summed E-state index contributed by atoms with van der Waals surface area (Å²) in [5.41, 5.74) is 2.84. The molecule has 1 fully saturated rings.